The van der Waals surface area contributed by atoms with Crippen molar-refractivity contribution in [2.45, 2.75) is 24.3 Å². The number of halogens is 2. The number of nitrogens with two attached hydrogens (primary N) is 1. The van der Waals surface area contributed by atoms with Crippen molar-refractivity contribution in [2.75, 3.05) is 18.9 Å². The third-order valence-corrected chi connectivity index (χ3v) is 4.03. The van der Waals surface area contributed by atoms with Crippen LogP contribution >= 0.6 is 35.0 Å². The summed E-state index contributed by atoms with van der Waals surface area (Å²) >= 11 is 13.5. The van der Waals surface area contributed by atoms with E-state index >= 15 is 0 Å². The molecule has 0 saturated carbocycles. The van der Waals surface area contributed by atoms with Crippen molar-refractivity contribution in [3.05, 3.63) is 28.2 Å². The van der Waals surface area contributed by atoms with E-state index in [2.05, 4.69) is 0 Å². The summed E-state index contributed by atoms with van der Waals surface area (Å²) in [7, 11) is 0. The molecule has 0 fully saturated rings. The fourth-order valence-corrected chi connectivity index (χ4v) is 2.72. The molecule has 0 radical (unpaired) electrons. The minimum atomic E-state index is 0.148. The maximum atomic E-state index is 5.94. The molecule has 2 nitrogen and oxygen atoms in total. The third kappa shape index (κ3) is 5.49. The third-order valence-electron chi connectivity index (χ3n) is 2.26. The average Bonchev–Trinajstić information content (AvgIpc) is 2.32. The first-order valence-electron chi connectivity index (χ1n) is 5.57. The van der Waals surface area contributed by atoms with E-state index in [-0.39, 0.29) is 6.10 Å². The van der Waals surface area contributed by atoms with Crippen molar-refractivity contribution in [1.82, 2.24) is 0 Å². The lowest BCUT2D eigenvalue weighted by Crippen LogP contribution is -2.24. The molecule has 1 rings (SSSR count). The van der Waals surface area contributed by atoms with Crippen LogP contribution in [0, 0.1) is 0 Å². The van der Waals surface area contributed by atoms with Crippen LogP contribution in [0.5, 0.6) is 0 Å². The molecule has 1 aromatic rings. The fourth-order valence-electron chi connectivity index (χ4n) is 1.38. The van der Waals surface area contributed by atoms with Gasteiger partial charge in [0.05, 0.1) is 16.1 Å². The zero-order valence-electron chi connectivity index (χ0n) is 9.79. The van der Waals surface area contributed by atoms with Gasteiger partial charge >= 0.3 is 0 Å². The monoisotopic (exact) mass is 293 g/mol. The standard InChI is InChI=1S/C12H17Cl2NOS/c1-2-16-9(8-15)5-6-17-10-3-4-11(13)12(14)7-10/h3-4,7,9H,2,5-6,8,15H2,1H3. The predicted molar refractivity (Wildman–Crippen MR) is 76.3 cm³/mol. The normalized spacial score (nSPS) is 12.7. The van der Waals surface area contributed by atoms with Gasteiger partial charge in [0.15, 0.2) is 0 Å². The molecule has 0 aliphatic heterocycles. The summed E-state index contributed by atoms with van der Waals surface area (Å²) in [5.41, 5.74) is 5.61. The molecule has 0 heterocycles. The number of rotatable bonds is 7. The summed E-state index contributed by atoms with van der Waals surface area (Å²) in [6, 6.07) is 5.67. The molecule has 0 aliphatic carbocycles. The minimum absolute atomic E-state index is 0.148. The van der Waals surface area contributed by atoms with Gasteiger partial charge in [-0.15, -0.1) is 11.8 Å². The van der Waals surface area contributed by atoms with Crippen LogP contribution in [0.1, 0.15) is 13.3 Å². The Morgan fingerprint density at radius 2 is 2.12 bits per heavy atom. The van der Waals surface area contributed by atoms with Crippen molar-refractivity contribution in [3.63, 3.8) is 0 Å². The molecule has 0 amide bonds. The van der Waals surface area contributed by atoms with E-state index in [9.17, 15) is 0 Å². The second kappa shape index (κ2) is 8.22. The van der Waals surface area contributed by atoms with Crippen LogP contribution in [0.4, 0.5) is 0 Å². The number of ether oxygens (including phenoxy) is 1. The lowest BCUT2D eigenvalue weighted by molar-refractivity contribution is 0.0674. The molecular formula is C12H17Cl2NOS. The molecular weight excluding hydrogens is 277 g/mol. The quantitative estimate of drug-likeness (QED) is 0.776. The van der Waals surface area contributed by atoms with Gasteiger partial charge in [-0.25, -0.2) is 0 Å². The lowest BCUT2D eigenvalue weighted by Gasteiger charge is -2.14. The van der Waals surface area contributed by atoms with E-state index in [0.717, 1.165) is 17.1 Å². The summed E-state index contributed by atoms with van der Waals surface area (Å²) in [4.78, 5) is 1.12. The van der Waals surface area contributed by atoms with Crippen molar-refractivity contribution in [2.24, 2.45) is 5.73 Å². The summed E-state index contributed by atoms with van der Waals surface area (Å²) in [6.45, 7) is 3.25. The Bertz CT molecular complexity index is 349. The number of thioether (sulfide) groups is 1. The van der Waals surface area contributed by atoms with E-state index in [4.69, 9.17) is 33.7 Å². The van der Waals surface area contributed by atoms with Crippen molar-refractivity contribution in [1.29, 1.82) is 0 Å². The summed E-state index contributed by atoms with van der Waals surface area (Å²) in [5.74, 6) is 0.958. The summed E-state index contributed by atoms with van der Waals surface area (Å²) in [6.07, 6.45) is 1.09. The van der Waals surface area contributed by atoms with Gasteiger partial charge in [-0.2, -0.15) is 0 Å². The Morgan fingerprint density at radius 1 is 1.35 bits per heavy atom. The second-order valence-electron chi connectivity index (χ2n) is 3.53. The molecule has 0 saturated heterocycles. The van der Waals surface area contributed by atoms with Gasteiger partial charge in [-0.05, 0) is 31.5 Å². The first kappa shape index (κ1) is 15.1. The van der Waals surface area contributed by atoms with Crippen molar-refractivity contribution >= 4 is 35.0 Å². The highest BCUT2D eigenvalue weighted by Gasteiger charge is 2.06. The maximum Gasteiger partial charge on any atom is 0.0705 e. The van der Waals surface area contributed by atoms with Gasteiger partial charge in [-0.3, -0.25) is 0 Å². The van der Waals surface area contributed by atoms with Crippen LogP contribution in [0.15, 0.2) is 23.1 Å². The van der Waals surface area contributed by atoms with E-state index in [1.807, 2.05) is 25.1 Å². The Morgan fingerprint density at radius 3 is 2.71 bits per heavy atom. The molecule has 0 spiro atoms. The molecule has 17 heavy (non-hydrogen) atoms. The molecule has 5 heteroatoms. The first-order chi connectivity index (χ1) is 8.17. The van der Waals surface area contributed by atoms with E-state index in [1.165, 1.54) is 0 Å². The first-order valence-corrected chi connectivity index (χ1v) is 7.31. The average molecular weight is 294 g/mol. The summed E-state index contributed by atoms with van der Waals surface area (Å²) in [5, 5.41) is 1.18. The van der Waals surface area contributed by atoms with Gasteiger partial charge in [0.25, 0.3) is 0 Å². The van der Waals surface area contributed by atoms with Gasteiger partial charge in [0.2, 0.25) is 0 Å². The Kier molecular flexibility index (Phi) is 7.32. The maximum absolute atomic E-state index is 5.94. The molecule has 0 aromatic heterocycles. The Hall–Kier alpha value is 0.0700. The van der Waals surface area contributed by atoms with Gasteiger partial charge in [0, 0.05) is 23.8 Å². The smallest absolute Gasteiger partial charge is 0.0705 e. The van der Waals surface area contributed by atoms with Crippen LogP contribution in [0.3, 0.4) is 0 Å². The Balaban J connectivity index is 2.37. The van der Waals surface area contributed by atoms with E-state index in [1.54, 1.807) is 11.8 Å². The van der Waals surface area contributed by atoms with Crippen LogP contribution in [0.25, 0.3) is 0 Å². The van der Waals surface area contributed by atoms with Crippen molar-refractivity contribution < 1.29 is 4.74 Å². The highest BCUT2D eigenvalue weighted by molar-refractivity contribution is 7.99. The second-order valence-corrected chi connectivity index (χ2v) is 5.51. The van der Waals surface area contributed by atoms with Crippen LogP contribution in [0.2, 0.25) is 10.0 Å². The summed E-state index contributed by atoms with van der Waals surface area (Å²) < 4.78 is 5.49. The number of hydrogen-bond acceptors (Lipinski definition) is 3. The molecule has 1 atom stereocenters. The Labute approximate surface area is 117 Å². The predicted octanol–water partition coefficient (Wildman–Crippen LogP) is 3.84. The van der Waals surface area contributed by atoms with Crippen LogP contribution in [-0.4, -0.2) is 25.0 Å². The molecule has 96 valence electrons. The molecule has 0 bridgehead atoms. The van der Waals surface area contributed by atoms with Gasteiger partial charge in [-0.1, -0.05) is 23.2 Å². The van der Waals surface area contributed by atoms with Gasteiger partial charge in [0.1, 0.15) is 0 Å². The number of hydrogen-bond donors (Lipinski definition) is 1. The zero-order chi connectivity index (χ0) is 12.7. The molecule has 1 unspecified atom stereocenters. The van der Waals surface area contributed by atoms with Crippen molar-refractivity contribution in [3.8, 4) is 0 Å². The number of benzene rings is 1. The molecule has 0 aliphatic rings. The highest BCUT2D eigenvalue weighted by Crippen LogP contribution is 2.28. The lowest BCUT2D eigenvalue weighted by atomic mass is 10.3. The van der Waals surface area contributed by atoms with Crippen LogP contribution < -0.4 is 5.73 Å². The zero-order valence-corrected chi connectivity index (χ0v) is 12.1. The fraction of sp³-hybridized carbons (Fsp3) is 0.500. The van der Waals surface area contributed by atoms with Gasteiger partial charge < -0.3 is 10.5 Å². The molecule has 2 N–H and O–H groups in total. The highest BCUT2D eigenvalue weighted by atomic mass is 35.5. The van der Waals surface area contributed by atoms with E-state index in [0.29, 0.717) is 23.2 Å². The molecule has 1 aromatic carbocycles. The largest absolute Gasteiger partial charge is 0.377 e. The SMILES string of the molecule is CCOC(CN)CCSc1ccc(Cl)c(Cl)c1. The topological polar surface area (TPSA) is 35.2 Å². The van der Waals surface area contributed by atoms with E-state index < -0.39 is 0 Å². The minimum Gasteiger partial charge on any atom is -0.377 e. The van der Waals surface area contributed by atoms with Crippen LogP contribution in [-0.2, 0) is 4.74 Å².